The van der Waals surface area contributed by atoms with Gasteiger partial charge in [-0.05, 0) is 34.5 Å². The van der Waals surface area contributed by atoms with Gasteiger partial charge in [0.15, 0.2) is 0 Å². The second-order valence-electron chi connectivity index (χ2n) is 4.59. The van der Waals surface area contributed by atoms with Crippen molar-refractivity contribution in [3.05, 3.63) is 34.3 Å². The molecule has 1 fully saturated rings. The van der Waals surface area contributed by atoms with Crippen molar-refractivity contribution >= 4 is 27.8 Å². The first-order valence-corrected chi connectivity index (χ1v) is 6.68. The SMILES string of the molecule is O=C(O)CC1(NC(=O)c2ccccc2Br)CCOC1. The molecule has 0 bridgehead atoms. The molecule has 1 heterocycles. The molecule has 1 saturated heterocycles. The number of carboxylic acid groups (broad SMARTS) is 1. The van der Waals surface area contributed by atoms with Gasteiger partial charge in [-0.25, -0.2) is 0 Å². The van der Waals surface area contributed by atoms with Gasteiger partial charge in [-0.15, -0.1) is 0 Å². The Morgan fingerprint density at radius 2 is 2.16 bits per heavy atom. The van der Waals surface area contributed by atoms with Crippen molar-refractivity contribution in [2.24, 2.45) is 0 Å². The van der Waals surface area contributed by atoms with Gasteiger partial charge in [0.05, 0.1) is 24.1 Å². The quantitative estimate of drug-likeness (QED) is 0.884. The van der Waals surface area contributed by atoms with E-state index in [-0.39, 0.29) is 18.9 Å². The van der Waals surface area contributed by atoms with Gasteiger partial charge in [0.2, 0.25) is 0 Å². The second-order valence-corrected chi connectivity index (χ2v) is 5.44. The number of hydrogen-bond donors (Lipinski definition) is 2. The molecule has 2 rings (SSSR count). The number of rotatable bonds is 4. The molecule has 1 aromatic carbocycles. The van der Waals surface area contributed by atoms with Gasteiger partial charge in [-0.2, -0.15) is 0 Å². The fourth-order valence-corrected chi connectivity index (χ4v) is 2.60. The Labute approximate surface area is 119 Å². The van der Waals surface area contributed by atoms with Crippen LogP contribution in [0.5, 0.6) is 0 Å². The fourth-order valence-electron chi connectivity index (χ4n) is 2.13. The molecule has 0 aromatic heterocycles. The minimum absolute atomic E-state index is 0.136. The minimum atomic E-state index is -0.946. The summed E-state index contributed by atoms with van der Waals surface area (Å²) in [7, 11) is 0. The molecular weight excluding hydrogens is 314 g/mol. The molecule has 1 amide bonds. The van der Waals surface area contributed by atoms with E-state index in [9.17, 15) is 9.59 Å². The molecule has 1 atom stereocenters. The Hall–Kier alpha value is -1.40. The lowest BCUT2D eigenvalue weighted by Crippen LogP contribution is -2.50. The van der Waals surface area contributed by atoms with Crippen LogP contribution in [0.4, 0.5) is 0 Å². The van der Waals surface area contributed by atoms with Crippen molar-refractivity contribution in [1.82, 2.24) is 5.32 Å². The van der Waals surface area contributed by atoms with Crippen molar-refractivity contribution in [3.8, 4) is 0 Å². The van der Waals surface area contributed by atoms with Gasteiger partial charge in [-0.3, -0.25) is 9.59 Å². The summed E-state index contributed by atoms with van der Waals surface area (Å²) < 4.78 is 5.92. The van der Waals surface area contributed by atoms with Crippen LogP contribution < -0.4 is 5.32 Å². The maximum atomic E-state index is 12.2. The number of hydrogen-bond acceptors (Lipinski definition) is 3. The first kappa shape index (κ1) is 14.0. The van der Waals surface area contributed by atoms with Gasteiger partial charge < -0.3 is 15.2 Å². The molecule has 5 nitrogen and oxygen atoms in total. The van der Waals surface area contributed by atoms with Gasteiger partial charge in [0, 0.05) is 11.1 Å². The van der Waals surface area contributed by atoms with Crippen LogP contribution in [0.3, 0.4) is 0 Å². The lowest BCUT2D eigenvalue weighted by Gasteiger charge is -2.27. The smallest absolute Gasteiger partial charge is 0.305 e. The molecule has 0 radical (unpaired) electrons. The van der Waals surface area contributed by atoms with E-state index in [0.717, 1.165) is 0 Å². The zero-order valence-corrected chi connectivity index (χ0v) is 11.8. The Bertz CT molecular complexity index is 497. The molecule has 19 heavy (non-hydrogen) atoms. The maximum Gasteiger partial charge on any atom is 0.305 e. The van der Waals surface area contributed by atoms with Crippen LogP contribution in [0.2, 0.25) is 0 Å². The van der Waals surface area contributed by atoms with Gasteiger partial charge in [0.1, 0.15) is 0 Å². The second kappa shape index (κ2) is 5.71. The Morgan fingerprint density at radius 3 is 2.74 bits per heavy atom. The summed E-state index contributed by atoms with van der Waals surface area (Å²) in [5.41, 5.74) is -0.322. The largest absolute Gasteiger partial charge is 0.481 e. The molecule has 0 saturated carbocycles. The van der Waals surface area contributed by atoms with Gasteiger partial charge >= 0.3 is 5.97 Å². The van der Waals surface area contributed by atoms with Crippen LogP contribution >= 0.6 is 15.9 Å². The van der Waals surface area contributed by atoms with Crippen LogP contribution in [-0.2, 0) is 9.53 Å². The van der Waals surface area contributed by atoms with E-state index < -0.39 is 11.5 Å². The zero-order chi connectivity index (χ0) is 13.9. The number of aliphatic carboxylic acids is 1. The summed E-state index contributed by atoms with van der Waals surface area (Å²) in [6.45, 7) is 0.693. The number of amides is 1. The summed E-state index contributed by atoms with van der Waals surface area (Å²) in [5.74, 6) is -1.24. The number of benzene rings is 1. The summed E-state index contributed by atoms with van der Waals surface area (Å²) in [4.78, 5) is 23.1. The molecule has 102 valence electrons. The maximum absolute atomic E-state index is 12.2. The highest BCUT2D eigenvalue weighted by Gasteiger charge is 2.38. The average molecular weight is 328 g/mol. The van der Waals surface area contributed by atoms with Crippen LogP contribution in [-0.4, -0.2) is 35.7 Å². The van der Waals surface area contributed by atoms with Crippen molar-refractivity contribution in [3.63, 3.8) is 0 Å². The highest BCUT2D eigenvalue weighted by molar-refractivity contribution is 9.10. The predicted molar refractivity (Wildman–Crippen MR) is 72.0 cm³/mol. The van der Waals surface area contributed by atoms with E-state index in [1.54, 1.807) is 18.2 Å². The zero-order valence-electron chi connectivity index (χ0n) is 10.2. The van der Waals surface area contributed by atoms with E-state index in [0.29, 0.717) is 23.1 Å². The molecule has 1 aliphatic heterocycles. The molecule has 6 heteroatoms. The third-order valence-corrected chi connectivity index (χ3v) is 3.78. The fraction of sp³-hybridized carbons (Fsp3) is 0.385. The van der Waals surface area contributed by atoms with Crippen molar-refractivity contribution in [1.29, 1.82) is 0 Å². The number of carbonyl (C=O) groups excluding carboxylic acids is 1. The monoisotopic (exact) mass is 327 g/mol. The van der Waals surface area contributed by atoms with Crippen LogP contribution in [0.25, 0.3) is 0 Å². The van der Waals surface area contributed by atoms with Crippen molar-refractivity contribution in [2.45, 2.75) is 18.4 Å². The highest BCUT2D eigenvalue weighted by atomic mass is 79.9. The predicted octanol–water partition coefficient (Wildman–Crippen LogP) is 1.81. The van der Waals surface area contributed by atoms with E-state index in [1.165, 1.54) is 0 Å². The van der Waals surface area contributed by atoms with E-state index in [4.69, 9.17) is 9.84 Å². The van der Waals surface area contributed by atoms with E-state index in [2.05, 4.69) is 21.2 Å². The topological polar surface area (TPSA) is 75.6 Å². The minimum Gasteiger partial charge on any atom is -0.481 e. The van der Waals surface area contributed by atoms with Crippen LogP contribution in [0.15, 0.2) is 28.7 Å². The normalized spacial score (nSPS) is 22.2. The molecule has 2 N–H and O–H groups in total. The lowest BCUT2D eigenvalue weighted by molar-refractivity contribution is -0.138. The standard InChI is InChI=1S/C13H14BrNO4/c14-10-4-2-1-3-9(10)12(18)15-13(7-11(16)17)5-6-19-8-13/h1-4H,5-8H2,(H,15,18)(H,16,17). The average Bonchev–Trinajstić information content (AvgIpc) is 2.76. The molecule has 1 aromatic rings. The van der Waals surface area contributed by atoms with E-state index >= 15 is 0 Å². The molecule has 1 unspecified atom stereocenters. The Balaban J connectivity index is 2.16. The third kappa shape index (κ3) is 3.33. The Morgan fingerprint density at radius 1 is 1.42 bits per heavy atom. The number of nitrogens with one attached hydrogen (secondary N) is 1. The highest BCUT2D eigenvalue weighted by Crippen LogP contribution is 2.24. The van der Waals surface area contributed by atoms with Crippen LogP contribution in [0.1, 0.15) is 23.2 Å². The number of ether oxygens (including phenoxy) is 1. The first-order valence-electron chi connectivity index (χ1n) is 5.89. The van der Waals surface area contributed by atoms with Crippen LogP contribution in [0, 0.1) is 0 Å². The summed E-state index contributed by atoms with van der Waals surface area (Å²) in [5, 5.41) is 11.8. The molecule has 0 aliphatic carbocycles. The lowest BCUT2D eigenvalue weighted by atomic mass is 9.94. The van der Waals surface area contributed by atoms with Gasteiger partial charge in [0.25, 0.3) is 5.91 Å². The third-order valence-electron chi connectivity index (χ3n) is 3.09. The summed E-state index contributed by atoms with van der Waals surface area (Å²) in [6.07, 6.45) is 0.374. The summed E-state index contributed by atoms with van der Waals surface area (Å²) >= 11 is 3.31. The van der Waals surface area contributed by atoms with E-state index in [1.807, 2.05) is 6.07 Å². The Kier molecular flexibility index (Phi) is 4.21. The number of carboxylic acids is 1. The molecular formula is C13H14BrNO4. The van der Waals surface area contributed by atoms with Gasteiger partial charge in [-0.1, -0.05) is 12.1 Å². The van der Waals surface area contributed by atoms with Crippen molar-refractivity contribution < 1.29 is 19.4 Å². The summed E-state index contributed by atoms with van der Waals surface area (Å²) in [6, 6.07) is 7.02. The molecule has 1 aliphatic rings. The first-order chi connectivity index (χ1) is 9.02. The number of halogens is 1. The van der Waals surface area contributed by atoms with Crippen molar-refractivity contribution in [2.75, 3.05) is 13.2 Å². The number of carbonyl (C=O) groups is 2. The molecule has 0 spiro atoms.